The van der Waals surface area contributed by atoms with Crippen molar-refractivity contribution in [3.8, 4) is 5.88 Å². The standard InChI is InChI=1S/C16H16F3N3O2/c1-11(22(2)15(23)12-5-7-20-8-6-12)13-3-4-14(21-9-13)24-10-16(17,18)19/h3-9,11H,10H2,1-2H3. The zero-order chi connectivity index (χ0) is 17.7. The molecule has 1 atom stereocenters. The summed E-state index contributed by atoms with van der Waals surface area (Å²) >= 11 is 0. The van der Waals surface area contributed by atoms with Crippen LogP contribution in [0.1, 0.15) is 28.9 Å². The van der Waals surface area contributed by atoms with E-state index in [9.17, 15) is 18.0 Å². The van der Waals surface area contributed by atoms with Crippen LogP contribution >= 0.6 is 0 Å². The van der Waals surface area contributed by atoms with E-state index in [1.165, 1.54) is 29.6 Å². The van der Waals surface area contributed by atoms with E-state index < -0.39 is 12.8 Å². The van der Waals surface area contributed by atoms with Crippen molar-refractivity contribution >= 4 is 5.91 Å². The van der Waals surface area contributed by atoms with Crippen LogP contribution in [0.5, 0.6) is 5.88 Å². The number of carbonyl (C=O) groups excluding carboxylic acids is 1. The van der Waals surface area contributed by atoms with Crippen molar-refractivity contribution in [2.75, 3.05) is 13.7 Å². The Morgan fingerprint density at radius 3 is 2.46 bits per heavy atom. The summed E-state index contributed by atoms with van der Waals surface area (Å²) in [5, 5.41) is 0. The van der Waals surface area contributed by atoms with Crippen LogP contribution in [0.25, 0.3) is 0 Å². The maximum atomic E-state index is 12.4. The molecule has 8 heteroatoms. The first-order valence-electron chi connectivity index (χ1n) is 7.10. The van der Waals surface area contributed by atoms with Crippen LogP contribution in [0.15, 0.2) is 42.9 Å². The van der Waals surface area contributed by atoms with Gasteiger partial charge < -0.3 is 9.64 Å². The van der Waals surface area contributed by atoms with Crippen LogP contribution in [0, 0.1) is 0 Å². The Morgan fingerprint density at radius 1 is 1.25 bits per heavy atom. The van der Waals surface area contributed by atoms with E-state index in [1.54, 1.807) is 32.2 Å². The zero-order valence-electron chi connectivity index (χ0n) is 13.1. The first-order chi connectivity index (χ1) is 11.3. The van der Waals surface area contributed by atoms with Gasteiger partial charge in [0.25, 0.3) is 5.91 Å². The van der Waals surface area contributed by atoms with E-state index in [2.05, 4.69) is 14.7 Å². The van der Waals surface area contributed by atoms with E-state index in [4.69, 9.17) is 0 Å². The fourth-order valence-corrected chi connectivity index (χ4v) is 1.98. The molecule has 0 radical (unpaired) electrons. The minimum absolute atomic E-state index is 0.119. The van der Waals surface area contributed by atoms with Crippen molar-refractivity contribution in [3.05, 3.63) is 54.0 Å². The molecular formula is C16H16F3N3O2. The molecule has 0 bridgehead atoms. The lowest BCUT2D eigenvalue weighted by atomic mass is 10.1. The quantitative estimate of drug-likeness (QED) is 0.839. The molecular weight excluding hydrogens is 323 g/mol. The number of carbonyl (C=O) groups is 1. The summed E-state index contributed by atoms with van der Waals surface area (Å²) in [6.07, 6.45) is 0.0394. The Balaban J connectivity index is 2.04. The van der Waals surface area contributed by atoms with Gasteiger partial charge in [0.2, 0.25) is 5.88 Å². The molecule has 24 heavy (non-hydrogen) atoms. The zero-order valence-corrected chi connectivity index (χ0v) is 13.1. The van der Waals surface area contributed by atoms with Gasteiger partial charge in [0.15, 0.2) is 6.61 Å². The molecule has 0 aliphatic heterocycles. The number of rotatable bonds is 5. The number of hydrogen-bond acceptors (Lipinski definition) is 4. The summed E-state index contributed by atoms with van der Waals surface area (Å²) in [7, 11) is 1.64. The van der Waals surface area contributed by atoms with Crippen molar-refractivity contribution < 1.29 is 22.7 Å². The van der Waals surface area contributed by atoms with Crippen LogP contribution < -0.4 is 4.74 Å². The van der Waals surface area contributed by atoms with Gasteiger partial charge in [-0.15, -0.1) is 0 Å². The van der Waals surface area contributed by atoms with Gasteiger partial charge in [-0.2, -0.15) is 13.2 Å². The molecule has 0 fully saturated rings. The lowest BCUT2D eigenvalue weighted by Crippen LogP contribution is -2.29. The molecule has 0 aromatic carbocycles. The van der Waals surface area contributed by atoms with Crippen molar-refractivity contribution in [1.29, 1.82) is 0 Å². The van der Waals surface area contributed by atoms with Crippen LogP contribution in [0.3, 0.4) is 0 Å². The van der Waals surface area contributed by atoms with Crippen molar-refractivity contribution in [2.24, 2.45) is 0 Å². The second kappa shape index (κ2) is 7.29. The topological polar surface area (TPSA) is 55.3 Å². The molecule has 0 saturated carbocycles. The van der Waals surface area contributed by atoms with E-state index >= 15 is 0 Å². The van der Waals surface area contributed by atoms with Gasteiger partial charge in [-0.1, -0.05) is 6.07 Å². The van der Waals surface area contributed by atoms with E-state index in [1.807, 2.05) is 0 Å². The highest BCUT2D eigenvalue weighted by molar-refractivity contribution is 5.94. The monoisotopic (exact) mass is 339 g/mol. The Labute approximate surface area is 137 Å². The average Bonchev–Trinajstić information content (AvgIpc) is 2.58. The maximum Gasteiger partial charge on any atom is 0.422 e. The molecule has 1 amide bonds. The molecule has 1 unspecified atom stereocenters. The van der Waals surface area contributed by atoms with E-state index in [0.29, 0.717) is 11.1 Å². The lowest BCUT2D eigenvalue weighted by Gasteiger charge is -2.25. The number of pyridine rings is 2. The molecule has 2 aromatic heterocycles. The van der Waals surface area contributed by atoms with Crippen LogP contribution in [0.4, 0.5) is 13.2 Å². The number of nitrogens with zero attached hydrogens (tertiary/aromatic N) is 3. The largest absolute Gasteiger partial charge is 0.468 e. The van der Waals surface area contributed by atoms with E-state index in [-0.39, 0.29) is 17.8 Å². The summed E-state index contributed by atoms with van der Waals surface area (Å²) in [6.45, 7) is 0.404. The highest BCUT2D eigenvalue weighted by Crippen LogP contribution is 2.22. The van der Waals surface area contributed by atoms with Gasteiger partial charge in [-0.25, -0.2) is 4.98 Å². The molecule has 0 saturated heterocycles. The fraction of sp³-hybridized carbons (Fsp3) is 0.312. The van der Waals surface area contributed by atoms with Gasteiger partial charge in [0.05, 0.1) is 6.04 Å². The molecule has 2 rings (SSSR count). The summed E-state index contributed by atoms with van der Waals surface area (Å²) in [6, 6.07) is 5.84. The summed E-state index contributed by atoms with van der Waals surface area (Å²) in [5.74, 6) is -0.311. The SMILES string of the molecule is CC(c1ccc(OCC(F)(F)F)nc1)N(C)C(=O)c1ccncc1. The number of ether oxygens (including phenoxy) is 1. The predicted octanol–water partition coefficient (Wildman–Crippen LogP) is 3.25. The highest BCUT2D eigenvalue weighted by Gasteiger charge is 2.28. The van der Waals surface area contributed by atoms with E-state index in [0.717, 1.165) is 0 Å². The second-order valence-corrected chi connectivity index (χ2v) is 5.16. The molecule has 128 valence electrons. The number of hydrogen-bond donors (Lipinski definition) is 0. The maximum absolute atomic E-state index is 12.4. The third-order valence-corrected chi connectivity index (χ3v) is 3.45. The van der Waals surface area contributed by atoms with Gasteiger partial charge in [0.1, 0.15) is 0 Å². The normalized spacial score (nSPS) is 12.5. The second-order valence-electron chi connectivity index (χ2n) is 5.16. The Kier molecular flexibility index (Phi) is 5.38. The molecule has 0 aliphatic rings. The van der Waals surface area contributed by atoms with Crippen molar-refractivity contribution in [1.82, 2.24) is 14.9 Å². The van der Waals surface area contributed by atoms with Gasteiger partial charge in [0, 0.05) is 37.3 Å². The van der Waals surface area contributed by atoms with Crippen LogP contribution in [-0.4, -0.2) is 40.6 Å². The van der Waals surface area contributed by atoms with Crippen molar-refractivity contribution in [3.63, 3.8) is 0 Å². The van der Waals surface area contributed by atoms with Crippen LogP contribution in [0.2, 0.25) is 0 Å². The number of halogens is 3. The Hall–Kier alpha value is -2.64. The third-order valence-electron chi connectivity index (χ3n) is 3.45. The fourth-order valence-electron chi connectivity index (χ4n) is 1.98. The predicted molar refractivity (Wildman–Crippen MR) is 80.5 cm³/mol. The van der Waals surface area contributed by atoms with Crippen molar-refractivity contribution in [2.45, 2.75) is 19.1 Å². The number of aromatic nitrogens is 2. The van der Waals surface area contributed by atoms with Gasteiger partial charge in [-0.3, -0.25) is 9.78 Å². The molecule has 0 spiro atoms. The molecule has 0 N–H and O–H groups in total. The number of alkyl halides is 3. The summed E-state index contributed by atoms with van der Waals surface area (Å²) in [4.78, 5) is 21.6. The molecule has 2 heterocycles. The van der Waals surface area contributed by atoms with Gasteiger partial charge in [-0.05, 0) is 24.6 Å². The minimum Gasteiger partial charge on any atom is -0.468 e. The Morgan fingerprint density at radius 2 is 1.92 bits per heavy atom. The third kappa shape index (κ3) is 4.68. The minimum atomic E-state index is -4.41. The lowest BCUT2D eigenvalue weighted by molar-refractivity contribution is -0.154. The highest BCUT2D eigenvalue weighted by atomic mass is 19.4. The van der Waals surface area contributed by atoms with Crippen LogP contribution in [-0.2, 0) is 0 Å². The Bertz CT molecular complexity index is 675. The molecule has 0 aliphatic carbocycles. The summed E-state index contributed by atoms with van der Waals surface area (Å²) in [5.41, 5.74) is 1.18. The summed E-state index contributed by atoms with van der Waals surface area (Å²) < 4.78 is 40.9. The average molecular weight is 339 g/mol. The first-order valence-corrected chi connectivity index (χ1v) is 7.10. The molecule has 5 nitrogen and oxygen atoms in total. The smallest absolute Gasteiger partial charge is 0.422 e. The van der Waals surface area contributed by atoms with Gasteiger partial charge >= 0.3 is 6.18 Å². The molecule has 2 aromatic rings. The number of amides is 1. The first kappa shape index (κ1) is 17.7.